The standard InChI is InChI=1S/C15H15NO5/c1-20-12-8-10(7-9-4-6-21-13(9)12)14(17)16-5-2-3-11(16)15(18)19/h4,6-8,11H,2-3,5H2,1H3,(H,18,19)/t11-/m1/s1. The molecule has 1 amide bonds. The van der Waals surface area contributed by atoms with Crippen LogP contribution < -0.4 is 4.74 Å². The second-order valence-electron chi connectivity index (χ2n) is 5.01. The molecule has 3 rings (SSSR count). The zero-order valence-corrected chi connectivity index (χ0v) is 11.5. The second kappa shape index (κ2) is 5.12. The number of furan rings is 1. The number of carbonyl (C=O) groups is 2. The zero-order chi connectivity index (χ0) is 15.0. The Morgan fingerprint density at radius 2 is 2.24 bits per heavy atom. The van der Waals surface area contributed by atoms with E-state index in [9.17, 15) is 14.7 Å². The first-order valence-electron chi connectivity index (χ1n) is 6.71. The van der Waals surface area contributed by atoms with E-state index in [4.69, 9.17) is 9.15 Å². The Hall–Kier alpha value is -2.50. The van der Waals surface area contributed by atoms with Crippen LogP contribution in [-0.2, 0) is 4.79 Å². The van der Waals surface area contributed by atoms with Gasteiger partial charge in [0.1, 0.15) is 6.04 Å². The van der Waals surface area contributed by atoms with Gasteiger partial charge in [0.05, 0.1) is 13.4 Å². The van der Waals surface area contributed by atoms with Crippen molar-refractivity contribution in [3.63, 3.8) is 0 Å². The summed E-state index contributed by atoms with van der Waals surface area (Å²) < 4.78 is 10.5. The predicted molar refractivity (Wildman–Crippen MR) is 74.5 cm³/mol. The molecule has 1 atom stereocenters. The number of aliphatic carboxylic acids is 1. The normalized spacial score (nSPS) is 18.1. The van der Waals surface area contributed by atoms with E-state index in [-0.39, 0.29) is 5.91 Å². The molecule has 1 aromatic heterocycles. The van der Waals surface area contributed by atoms with Crippen LogP contribution in [0.2, 0.25) is 0 Å². The van der Waals surface area contributed by atoms with E-state index in [1.807, 2.05) is 0 Å². The number of rotatable bonds is 3. The summed E-state index contributed by atoms with van der Waals surface area (Å²) in [4.78, 5) is 25.2. The minimum atomic E-state index is -0.961. The SMILES string of the molecule is COc1cc(C(=O)N2CCC[C@@H]2C(=O)O)cc2ccoc12. The van der Waals surface area contributed by atoms with E-state index in [0.29, 0.717) is 36.3 Å². The van der Waals surface area contributed by atoms with Crippen molar-refractivity contribution in [2.75, 3.05) is 13.7 Å². The van der Waals surface area contributed by atoms with Crippen molar-refractivity contribution in [1.82, 2.24) is 4.90 Å². The van der Waals surface area contributed by atoms with E-state index in [1.54, 1.807) is 18.2 Å². The summed E-state index contributed by atoms with van der Waals surface area (Å²) in [6.45, 7) is 0.460. The number of ether oxygens (including phenoxy) is 1. The Morgan fingerprint density at radius 3 is 2.95 bits per heavy atom. The van der Waals surface area contributed by atoms with Gasteiger partial charge in [-0.15, -0.1) is 0 Å². The van der Waals surface area contributed by atoms with Crippen molar-refractivity contribution in [3.8, 4) is 5.75 Å². The lowest BCUT2D eigenvalue weighted by Gasteiger charge is -2.21. The Bertz CT molecular complexity index is 705. The second-order valence-corrected chi connectivity index (χ2v) is 5.01. The topological polar surface area (TPSA) is 80.0 Å². The highest BCUT2D eigenvalue weighted by Crippen LogP contribution is 2.30. The lowest BCUT2D eigenvalue weighted by Crippen LogP contribution is -2.40. The summed E-state index contributed by atoms with van der Waals surface area (Å²) in [7, 11) is 1.50. The summed E-state index contributed by atoms with van der Waals surface area (Å²) in [5.41, 5.74) is 0.985. The van der Waals surface area contributed by atoms with E-state index >= 15 is 0 Å². The minimum absolute atomic E-state index is 0.290. The molecule has 2 aromatic rings. The number of amides is 1. The van der Waals surface area contributed by atoms with E-state index < -0.39 is 12.0 Å². The molecular formula is C15H15NO5. The van der Waals surface area contributed by atoms with Crippen LogP contribution in [0.15, 0.2) is 28.9 Å². The number of carboxylic acid groups (broad SMARTS) is 1. The molecule has 1 aliphatic heterocycles. The molecule has 0 unspecified atom stereocenters. The number of benzene rings is 1. The fourth-order valence-corrected chi connectivity index (χ4v) is 2.76. The van der Waals surface area contributed by atoms with Gasteiger partial charge in [0.25, 0.3) is 5.91 Å². The third kappa shape index (κ3) is 2.22. The van der Waals surface area contributed by atoms with Gasteiger partial charge in [-0.05, 0) is 31.0 Å². The lowest BCUT2D eigenvalue weighted by molar-refractivity contribution is -0.141. The Kier molecular flexibility index (Phi) is 3.29. The first kappa shape index (κ1) is 13.5. The number of carbonyl (C=O) groups excluding carboxylic acids is 1. The van der Waals surface area contributed by atoms with Crippen molar-refractivity contribution in [3.05, 3.63) is 30.0 Å². The molecule has 0 spiro atoms. The van der Waals surface area contributed by atoms with Crippen LogP contribution in [0.3, 0.4) is 0 Å². The van der Waals surface area contributed by atoms with Crippen LogP contribution in [0.5, 0.6) is 5.75 Å². The molecule has 1 aliphatic rings. The number of hydrogen-bond donors (Lipinski definition) is 1. The van der Waals surface area contributed by atoms with Gasteiger partial charge in [0.2, 0.25) is 0 Å². The van der Waals surface area contributed by atoms with E-state index in [0.717, 1.165) is 5.39 Å². The third-order valence-electron chi connectivity index (χ3n) is 3.78. The maximum absolute atomic E-state index is 12.6. The van der Waals surface area contributed by atoms with Crippen molar-refractivity contribution in [2.45, 2.75) is 18.9 Å². The van der Waals surface area contributed by atoms with Crippen LogP contribution in [-0.4, -0.2) is 41.6 Å². The summed E-state index contributed by atoms with van der Waals surface area (Å²) in [5, 5.41) is 9.94. The smallest absolute Gasteiger partial charge is 0.326 e. The average Bonchev–Trinajstić information content (AvgIpc) is 3.13. The van der Waals surface area contributed by atoms with Crippen LogP contribution in [0, 0.1) is 0 Å². The molecule has 0 bridgehead atoms. The van der Waals surface area contributed by atoms with Gasteiger partial charge in [-0.2, -0.15) is 0 Å². The highest BCUT2D eigenvalue weighted by Gasteiger charge is 2.34. The summed E-state index contributed by atoms with van der Waals surface area (Å²) in [6, 6.07) is 4.28. The number of fused-ring (bicyclic) bond motifs is 1. The van der Waals surface area contributed by atoms with Crippen molar-refractivity contribution in [1.29, 1.82) is 0 Å². The van der Waals surface area contributed by atoms with Gasteiger partial charge >= 0.3 is 5.97 Å². The number of methoxy groups -OCH3 is 1. The van der Waals surface area contributed by atoms with Gasteiger partial charge in [-0.25, -0.2) is 4.79 Å². The van der Waals surface area contributed by atoms with Gasteiger partial charge in [0.15, 0.2) is 11.3 Å². The molecule has 0 radical (unpaired) electrons. The lowest BCUT2D eigenvalue weighted by atomic mass is 10.1. The first-order valence-corrected chi connectivity index (χ1v) is 6.71. The van der Waals surface area contributed by atoms with Crippen LogP contribution in [0.1, 0.15) is 23.2 Å². The number of likely N-dealkylation sites (tertiary alicyclic amines) is 1. The highest BCUT2D eigenvalue weighted by atomic mass is 16.5. The van der Waals surface area contributed by atoms with Crippen LogP contribution in [0.4, 0.5) is 0 Å². The Morgan fingerprint density at radius 1 is 1.43 bits per heavy atom. The summed E-state index contributed by atoms with van der Waals surface area (Å²) >= 11 is 0. The Labute approximate surface area is 120 Å². The summed E-state index contributed by atoms with van der Waals surface area (Å²) in [6.07, 6.45) is 2.72. The molecule has 6 heteroatoms. The average molecular weight is 289 g/mol. The van der Waals surface area contributed by atoms with Crippen molar-refractivity contribution < 1.29 is 23.8 Å². The monoisotopic (exact) mass is 289 g/mol. The summed E-state index contributed by atoms with van der Waals surface area (Å²) in [5.74, 6) is -0.787. The molecule has 1 aromatic carbocycles. The number of nitrogens with zero attached hydrogens (tertiary/aromatic N) is 1. The molecule has 6 nitrogen and oxygen atoms in total. The maximum atomic E-state index is 12.6. The predicted octanol–water partition coefficient (Wildman–Crippen LogP) is 2.13. The molecule has 0 saturated carbocycles. The molecule has 21 heavy (non-hydrogen) atoms. The molecule has 1 N–H and O–H groups in total. The largest absolute Gasteiger partial charge is 0.493 e. The quantitative estimate of drug-likeness (QED) is 0.936. The molecule has 1 fully saturated rings. The van der Waals surface area contributed by atoms with Crippen molar-refractivity contribution >= 4 is 22.8 Å². The highest BCUT2D eigenvalue weighted by molar-refractivity contribution is 6.01. The molecule has 0 aliphatic carbocycles. The molecule has 2 heterocycles. The maximum Gasteiger partial charge on any atom is 0.326 e. The zero-order valence-electron chi connectivity index (χ0n) is 11.5. The van der Waals surface area contributed by atoms with Gasteiger partial charge in [-0.1, -0.05) is 0 Å². The molecule has 1 saturated heterocycles. The number of carboxylic acids is 1. The van der Waals surface area contributed by atoms with Crippen LogP contribution >= 0.6 is 0 Å². The van der Waals surface area contributed by atoms with Crippen LogP contribution in [0.25, 0.3) is 11.0 Å². The fraction of sp³-hybridized carbons (Fsp3) is 0.333. The third-order valence-corrected chi connectivity index (χ3v) is 3.78. The van der Waals surface area contributed by atoms with Gasteiger partial charge < -0.3 is 19.2 Å². The Balaban J connectivity index is 1.99. The first-order chi connectivity index (χ1) is 10.1. The fourth-order valence-electron chi connectivity index (χ4n) is 2.76. The molecular weight excluding hydrogens is 274 g/mol. The van der Waals surface area contributed by atoms with Gasteiger partial charge in [-0.3, -0.25) is 4.79 Å². The van der Waals surface area contributed by atoms with E-state index in [1.165, 1.54) is 18.3 Å². The molecule has 110 valence electrons. The van der Waals surface area contributed by atoms with E-state index in [2.05, 4.69) is 0 Å². The number of hydrogen-bond acceptors (Lipinski definition) is 4. The minimum Gasteiger partial charge on any atom is -0.493 e. The van der Waals surface area contributed by atoms with Gasteiger partial charge in [0, 0.05) is 17.5 Å². The van der Waals surface area contributed by atoms with Crippen molar-refractivity contribution in [2.24, 2.45) is 0 Å².